The van der Waals surface area contributed by atoms with Crippen molar-refractivity contribution in [2.45, 2.75) is 66.2 Å². The van der Waals surface area contributed by atoms with Gasteiger partial charge in [-0.05, 0) is 73.0 Å². The lowest BCUT2D eigenvalue weighted by Gasteiger charge is -2.41. The Morgan fingerprint density at radius 3 is 2.11 bits per heavy atom. The summed E-state index contributed by atoms with van der Waals surface area (Å²) in [5.74, 6) is 8.60. The molecule has 0 nitrogen and oxygen atoms in total. The molecule has 3 saturated carbocycles. The minimum Gasteiger partial charge on any atom is -0.0651 e. The fourth-order valence-electron chi connectivity index (χ4n) is 6.47. The third-order valence-corrected chi connectivity index (χ3v) is 7.01. The highest BCUT2D eigenvalue weighted by Gasteiger charge is 2.55. The second kappa shape index (κ2) is 4.84. The maximum Gasteiger partial charge on any atom is -0.0321 e. The summed E-state index contributed by atoms with van der Waals surface area (Å²) in [7, 11) is 0. The van der Waals surface area contributed by atoms with Crippen LogP contribution in [0.1, 0.15) is 66.2 Å². The second-order valence-electron chi connectivity index (χ2n) is 7.94. The Balaban J connectivity index is 1.86. The van der Waals surface area contributed by atoms with E-state index in [4.69, 9.17) is 0 Å². The van der Waals surface area contributed by atoms with Crippen LogP contribution in [0.25, 0.3) is 0 Å². The second-order valence-corrected chi connectivity index (χ2v) is 7.94. The van der Waals surface area contributed by atoms with Crippen molar-refractivity contribution >= 4 is 0 Å². The molecule has 104 valence electrons. The average Bonchev–Trinajstić information content (AvgIpc) is 2.86. The van der Waals surface area contributed by atoms with Crippen molar-refractivity contribution in [1.82, 2.24) is 0 Å². The topological polar surface area (TPSA) is 0 Å². The molecule has 0 aromatic carbocycles. The Bertz CT molecular complexity index is 294. The predicted molar refractivity (Wildman–Crippen MR) is 78.3 cm³/mol. The van der Waals surface area contributed by atoms with Gasteiger partial charge >= 0.3 is 0 Å². The molecule has 0 spiro atoms. The van der Waals surface area contributed by atoms with Crippen LogP contribution in [0.5, 0.6) is 0 Å². The largest absolute Gasteiger partial charge is 0.0651 e. The first-order valence-electron chi connectivity index (χ1n) is 8.65. The van der Waals surface area contributed by atoms with Crippen LogP contribution in [0.3, 0.4) is 0 Å². The van der Waals surface area contributed by atoms with Crippen molar-refractivity contribution < 1.29 is 0 Å². The van der Waals surface area contributed by atoms with Crippen molar-refractivity contribution in [2.24, 2.45) is 47.3 Å². The summed E-state index contributed by atoms with van der Waals surface area (Å²) in [6.45, 7) is 9.95. The Labute approximate surface area is 114 Å². The molecule has 0 aromatic rings. The van der Waals surface area contributed by atoms with E-state index in [1.54, 1.807) is 19.3 Å². The molecule has 3 aliphatic carbocycles. The number of hydrogen-bond donors (Lipinski definition) is 0. The van der Waals surface area contributed by atoms with E-state index in [9.17, 15) is 0 Å². The fraction of sp³-hybridized carbons (Fsp3) is 1.00. The zero-order chi connectivity index (χ0) is 12.9. The van der Waals surface area contributed by atoms with Gasteiger partial charge in [0.25, 0.3) is 0 Å². The van der Waals surface area contributed by atoms with E-state index >= 15 is 0 Å². The van der Waals surface area contributed by atoms with Gasteiger partial charge in [-0.3, -0.25) is 0 Å². The quantitative estimate of drug-likeness (QED) is 0.615. The van der Waals surface area contributed by atoms with Crippen molar-refractivity contribution in [3.8, 4) is 0 Å². The highest BCUT2D eigenvalue weighted by Crippen LogP contribution is 2.62. The maximum atomic E-state index is 2.55. The van der Waals surface area contributed by atoms with Crippen LogP contribution in [0.4, 0.5) is 0 Å². The SMILES string of the molecule is CCC1CC(C)CC2CC3C(C)CC(CC)C3C12. The van der Waals surface area contributed by atoms with Gasteiger partial charge < -0.3 is 0 Å². The van der Waals surface area contributed by atoms with Gasteiger partial charge in [-0.2, -0.15) is 0 Å². The molecule has 0 amide bonds. The van der Waals surface area contributed by atoms with E-state index in [1.165, 1.54) is 19.3 Å². The maximum absolute atomic E-state index is 2.55. The van der Waals surface area contributed by atoms with Gasteiger partial charge in [-0.15, -0.1) is 0 Å². The van der Waals surface area contributed by atoms with Gasteiger partial charge in [-0.1, -0.05) is 40.5 Å². The van der Waals surface area contributed by atoms with E-state index < -0.39 is 0 Å². The van der Waals surface area contributed by atoms with Gasteiger partial charge in [0.15, 0.2) is 0 Å². The summed E-state index contributed by atoms with van der Waals surface area (Å²) in [5.41, 5.74) is 0. The first-order chi connectivity index (χ1) is 8.65. The van der Waals surface area contributed by atoms with Crippen LogP contribution in [-0.2, 0) is 0 Å². The lowest BCUT2D eigenvalue weighted by molar-refractivity contribution is 0.0807. The average molecular weight is 248 g/mol. The van der Waals surface area contributed by atoms with Crippen LogP contribution in [0.15, 0.2) is 0 Å². The van der Waals surface area contributed by atoms with Gasteiger partial charge in [0.05, 0.1) is 0 Å². The van der Waals surface area contributed by atoms with Gasteiger partial charge in [-0.25, -0.2) is 0 Å². The van der Waals surface area contributed by atoms with Crippen LogP contribution < -0.4 is 0 Å². The molecule has 8 unspecified atom stereocenters. The van der Waals surface area contributed by atoms with Gasteiger partial charge in [0.2, 0.25) is 0 Å². The van der Waals surface area contributed by atoms with Crippen molar-refractivity contribution in [2.75, 3.05) is 0 Å². The molecule has 0 heteroatoms. The first kappa shape index (κ1) is 13.0. The lowest BCUT2D eigenvalue weighted by Crippen LogP contribution is -2.34. The van der Waals surface area contributed by atoms with Crippen LogP contribution in [-0.4, -0.2) is 0 Å². The molecule has 0 aromatic heterocycles. The molecule has 0 radical (unpaired) electrons. The van der Waals surface area contributed by atoms with E-state index in [0.29, 0.717) is 0 Å². The lowest BCUT2D eigenvalue weighted by atomic mass is 9.64. The zero-order valence-electron chi connectivity index (χ0n) is 12.9. The summed E-state index contributed by atoms with van der Waals surface area (Å²) in [4.78, 5) is 0. The smallest absolute Gasteiger partial charge is 0.0321 e. The van der Waals surface area contributed by atoms with Gasteiger partial charge in [0, 0.05) is 0 Å². The van der Waals surface area contributed by atoms with Crippen LogP contribution in [0, 0.1) is 47.3 Å². The number of hydrogen-bond acceptors (Lipinski definition) is 0. The summed E-state index contributed by atoms with van der Waals surface area (Å²) in [6, 6.07) is 0. The van der Waals surface area contributed by atoms with E-state index in [0.717, 1.165) is 47.3 Å². The van der Waals surface area contributed by atoms with E-state index in [1.807, 2.05) is 0 Å². The molecule has 0 heterocycles. The third kappa shape index (κ3) is 1.86. The van der Waals surface area contributed by atoms with Crippen molar-refractivity contribution in [3.05, 3.63) is 0 Å². The number of rotatable bonds is 2. The summed E-state index contributed by atoms with van der Waals surface area (Å²) >= 11 is 0. The molecule has 0 saturated heterocycles. The molecule has 3 rings (SSSR count). The summed E-state index contributed by atoms with van der Waals surface area (Å²) < 4.78 is 0. The normalized spacial score (nSPS) is 55.3. The number of fused-ring (bicyclic) bond motifs is 3. The van der Waals surface area contributed by atoms with Crippen LogP contribution >= 0.6 is 0 Å². The Morgan fingerprint density at radius 2 is 1.44 bits per heavy atom. The minimum absolute atomic E-state index is 1.01. The fourth-order valence-corrected chi connectivity index (χ4v) is 6.47. The summed E-state index contributed by atoms with van der Waals surface area (Å²) in [6.07, 6.45) is 9.11. The van der Waals surface area contributed by atoms with E-state index in [2.05, 4.69) is 27.7 Å². The molecule has 18 heavy (non-hydrogen) atoms. The van der Waals surface area contributed by atoms with Gasteiger partial charge in [0.1, 0.15) is 0 Å². The summed E-state index contributed by atoms with van der Waals surface area (Å²) in [5, 5.41) is 0. The Kier molecular flexibility index (Phi) is 3.49. The molecule has 3 aliphatic rings. The highest BCUT2D eigenvalue weighted by molar-refractivity contribution is 5.04. The zero-order valence-corrected chi connectivity index (χ0v) is 12.9. The Morgan fingerprint density at radius 1 is 0.778 bits per heavy atom. The highest BCUT2D eigenvalue weighted by atomic mass is 14.6. The Hall–Kier alpha value is 0. The standard InChI is InChI=1S/C18H32/c1-5-13-7-11(3)8-15-10-16-12(4)9-14(6-2)18(16)17(13)15/h11-18H,5-10H2,1-4H3. The molecule has 3 fully saturated rings. The molecular weight excluding hydrogens is 216 g/mol. The predicted octanol–water partition coefficient (Wildman–Crippen LogP) is 5.38. The minimum atomic E-state index is 1.01. The molecule has 0 bridgehead atoms. The molecular formula is C18H32. The third-order valence-electron chi connectivity index (χ3n) is 7.01. The molecule has 0 aliphatic heterocycles. The molecule has 8 atom stereocenters. The van der Waals surface area contributed by atoms with Crippen molar-refractivity contribution in [1.29, 1.82) is 0 Å². The monoisotopic (exact) mass is 248 g/mol. The van der Waals surface area contributed by atoms with Crippen molar-refractivity contribution in [3.63, 3.8) is 0 Å². The molecule has 0 N–H and O–H groups in total. The van der Waals surface area contributed by atoms with Crippen LogP contribution in [0.2, 0.25) is 0 Å². The van der Waals surface area contributed by atoms with E-state index in [-0.39, 0.29) is 0 Å². The first-order valence-corrected chi connectivity index (χ1v) is 8.65.